The molecule has 5 nitrogen and oxygen atoms in total. The fourth-order valence-corrected chi connectivity index (χ4v) is 2.22. The molecule has 5 heteroatoms. The lowest BCUT2D eigenvalue weighted by Gasteiger charge is -2.11. The van der Waals surface area contributed by atoms with E-state index in [0.717, 1.165) is 12.8 Å². The van der Waals surface area contributed by atoms with Crippen LogP contribution >= 0.6 is 0 Å². The molecule has 1 atom stereocenters. The molecule has 94 valence electrons. The summed E-state index contributed by atoms with van der Waals surface area (Å²) in [7, 11) is 0. The van der Waals surface area contributed by atoms with Gasteiger partial charge in [0.25, 0.3) is 0 Å². The number of hydrogen-bond donors (Lipinski definition) is 1. The van der Waals surface area contributed by atoms with E-state index < -0.39 is 0 Å². The normalized spacial score (nSPS) is 23.6. The Labute approximate surface area is 101 Å². The topological polar surface area (TPSA) is 74.2 Å². The summed E-state index contributed by atoms with van der Waals surface area (Å²) in [6.45, 7) is 3.28. The highest BCUT2D eigenvalue weighted by Crippen LogP contribution is 2.47. The maximum Gasteiger partial charge on any atom is 0.234 e. The zero-order valence-corrected chi connectivity index (χ0v) is 10.2. The van der Waals surface area contributed by atoms with Crippen LogP contribution in [0.25, 0.3) is 0 Å². The molecule has 1 aromatic heterocycles. The molecule has 1 aromatic rings. The monoisotopic (exact) mass is 237 g/mol. The second kappa shape index (κ2) is 4.07. The van der Waals surface area contributed by atoms with Crippen molar-refractivity contribution in [3.8, 4) is 0 Å². The number of aromatic nitrogens is 2. The Kier molecular flexibility index (Phi) is 2.67. The van der Waals surface area contributed by atoms with Crippen molar-refractivity contribution in [2.45, 2.75) is 44.1 Å². The van der Waals surface area contributed by atoms with Gasteiger partial charge in [0, 0.05) is 13.2 Å². The second-order valence-electron chi connectivity index (χ2n) is 5.16. The summed E-state index contributed by atoms with van der Waals surface area (Å²) in [5.41, 5.74) is 5.74. The Morgan fingerprint density at radius 1 is 1.53 bits per heavy atom. The van der Waals surface area contributed by atoms with Gasteiger partial charge in [-0.15, -0.1) is 0 Å². The van der Waals surface area contributed by atoms with Gasteiger partial charge in [0.2, 0.25) is 11.7 Å². The standard InChI is InChI=1S/C12H19N3O2/c1-2-16-9(8-3-4-8)10-14-11(17-15-10)12(7-13)5-6-12/h8-9H,2-7,13H2,1H3. The molecule has 2 aliphatic rings. The van der Waals surface area contributed by atoms with Crippen LogP contribution in [0.4, 0.5) is 0 Å². The molecule has 17 heavy (non-hydrogen) atoms. The number of nitrogens with zero attached hydrogens (tertiary/aromatic N) is 2. The first kappa shape index (κ1) is 11.2. The zero-order chi connectivity index (χ0) is 11.9. The first-order valence-corrected chi connectivity index (χ1v) is 6.45. The summed E-state index contributed by atoms with van der Waals surface area (Å²) in [4.78, 5) is 4.51. The fourth-order valence-electron chi connectivity index (χ4n) is 2.22. The third-order valence-electron chi connectivity index (χ3n) is 3.79. The highest BCUT2D eigenvalue weighted by atomic mass is 16.5. The van der Waals surface area contributed by atoms with Gasteiger partial charge >= 0.3 is 0 Å². The molecule has 2 aliphatic carbocycles. The van der Waals surface area contributed by atoms with Gasteiger partial charge in [0.15, 0.2) is 0 Å². The van der Waals surface area contributed by atoms with E-state index in [1.807, 2.05) is 6.92 Å². The SMILES string of the molecule is CCOC(c1noc(C2(CN)CC2)n1)C1CC1. The molecular weight excluding hydrogens is 218 g/mol. The molecule has 0 bridgehead atoms. The minimum Gasteiger partial charge on any atom is -0.370 e. The van der Waals surface area contributed by atoms with Gasteiger partial charge < -0.3 is 15.0 Å². The zero-order valence-electron chi connectivity index (χ0n) is 10.2. The van der Waals surface area contributed by atoms with E-state index in [1.165, 1.54) is 12.8 Å². The molecule has 1 unspecified atom stereocenters. The van der Waals surface area contributed by atoms with Gasteiger partial charge in [-0.25, -0.2) is 0 Å². The predicted molar refractivity (Wildman–Crippen MR) is 61.4 cm³/mol. The quantitative estimate of drug-likeness (QED) is 0.812. The van der Waals surface area contributed by atoms with E-state index >= 15 is 0 Å². The van der Waals surface area contributed by atoms with Crippen LogP contribution in [0.5, 0.6) is 0 Å². The van der Waals surface area contributed by atoms with Crippen molar-refractivity contribution >= 4 is 0 Å². The number of hydrogen-bond acceptors (Lipinski definition) is 5. The molecule has 2 fully saturated rings. The van der Waals surface area contributed by atoms with Crippen LogP contribution in [-0.4, -0.2) is 23.3 Å². The van der Waals surface area contributed by atoms with Gasteiger partial charge in [-0.2, -0.15) is 4.98 Å². The molecule has 3 rings (SSSR count). The lowest BCUT2D eigenvalue weighted by Crippen LogP contribution is -2.20. The van der Waals surface area contributed by atoms with Crippen molar-refractivity contribution in [1.29, 1.82) is 0 Å². The van der Waals surface area contributed by atoms with E-state index in [9.17, 15) is 0 Å². The molecule has 0 saturated heterocycles. The molecule has 2 N–H and O–H groups in total. The largest absolute Gasteiger partial charge is 0.370 e. The molecule has 0 aromatic carbocycles. The van der Waals surface area contributed by atoms with Crippen molar-refractivity contribution in [3.05, 3.63) is 11.7 Å². The molecule has 2 saturated carbocycles. The Morgan fingerprint density at radius 3 is 2.82 bits per heavy atom. The van der Waals surface area contributed by atoms with Crippen LogP contribution in [0, 0.1) is 5.92 Å². The average molecular weight is 237 g/mol. The minimum absolute atomic E-state index is 0.0195. The van der Waals surface area contributed by atoms with E-state index in [4.69, 9.17) is 15.0 Å². The highest BCUT2D eigenvalue weighted by Gasteiger charge is 2.49. The number of rotatable bonds is 6. The van der Waals surface area contributed by atoms with Crippen molar-refractivity contribution < 1.29 is 9.26 Å². The maximum atomic E-state index is 5.76. The summed E-state index contributed by atoms with van der Waals surface area (Å²) >= 11 is 0. The van der Waals surface area contributed by atoms with E-state index in [1.54, 1.807) is 0 Å². The summed E-state index contributed by atoms with van der Waals surface area (Å²) < 4.78 is 11.1. The van der Waals surface area contributed by atoms with Crippen molar-refractivity contribution in [2.24, 2.45) is 11.7 Å². The van der Waals surface area contributed by atoms with E-state index in [-0.39, 0.29) is 11.5 Å². The number of nitrogens with two attached hydrogens (primary N) is 1. The molecule has 0 aliphatic heterocycles. The smallest absolute Gasteiger partial charge is 0.234 e. The molecule has 0 radical (unpaired) electrons. The van der Waals surface area contributed by atoms with Crippen molar-refractivity contribution in [2.75, 3.05) is 13.2 Å². The van der Waals surface area contributed by atoms with E-state index in [2.05, 4.69) is 10.1 Å². The first-order chi connectivity index (χ1) is 8.29. The molecule has 1 heterocycles. The molecule has 0 spiro atoms. The van der Waals surface area contributed by atoms with Gasteiger partial charge in [0.1, 0.15) is 6.10 Å². The average Bonchev–Trinajstić information content (AvgIpc) is 3.26. The third kappa shape index (κ3) is 1.98. The Hall–Kier alpha value is -0.940. The van der Waals surface area contributed by atoms with Crippen molar-refractivity contribution in [3.63, 3.8) is 0 Å². The van der Waals surface area contributed by atoms with Crippen molar-refractivity contribution in [1.82, 2.24) is 10.1 Å². The van der Waals surface area contributed by atoms with Gasteiger partial charge in [-0.05, 0) is 38.5 Å². The van der Waals surface area contributed by atoms with Crippen LogP contribution < -0.4 is 5.73 Å². The summed E-state index contributed by atoms with van der Waals surface area (Å²) in [5.74, 6) is 2.00. The van der Waals surface area contributed by atoms with E-state index in [0.29, 0.717) is 30.8 Å². The fraction of sp³-hybridized carbons (Fsp3) is 0.833. The molecular formula is C12H19N3O2. The predicted octanol–water partition coefficient (Wildman–Crippen LogP) is 1.55. The Morgan fingerprint density at radius 2 is 2.29 bits per heavy atom. The van der Waals surface area contributed by atoms with Crippen LogP contribution in [0.15, 0.2) is 4.52 Å². The summed E-state index contributed by atoms with van der Waals surface area (Å²) in [6, 6.07) is 0. The summed E-state index contributed by atoms with van der Waals surface area (Å²) in [5, 5.41) is 4.08. The molecule has 0 amide bonds. The summed E-state index contributed by atoms with van der Waals surface area (Å²) in [6.07, 6.45) is 4.56. The third-order valence-corrected chi connectivity index (χ3v) is 3.79. The number of ether oxygens (including phenoxy) is 1. The van der Waals surface area contributed by atoms with Gasteiger partial charge in [-0.1, -0.05) is 5.16 Å². The minimum atomic E-state index is -0.0223. The van der Waals surface area contributed by atoms with Gasteiger partial charge in [0.05, 0.1) is 5.41 Å². The van der Waals surface area contributed by atoms with Crippen LogP contribution in [-0.2, 0) is 10.2 Å². The lowest BCUT2D eigenvalue weighted by atomic mass is 10.1. The van der Waals surface area contributed by atoms with Crippen LogP contribution in [0.1, 0.15) is 50.4 Å². The van der Waals surface area contributed by atoms with Crippen LogP contribution in [0.2, 0.25) is 0 Å². The lowest BCUT2D eigenvalue weighted by molar-refractivity contribution is 0.0384. The Balaban J connectivity index is 1.78. The first-order valence-electron chi connectivity index (χ1n) is 6.45. The maximum absolute atomic E-state index is 5.76. The Bertz CT molecular complexity index is 396. The van der Waals surface area contributed by atoms with Crippen LogP contribution in [0.3, 0.4) is 0 Å². The second-order valence-corrected chi connectivity index (χ2v) is 5.16. The van der Waals surface area contributed by atoms with Gasteiger partial charge in [-0.3, -0.25) is 0 Å². The highest BCUT2D eigenvalue weighted by molar-refractivity contribution is 5.17.